The molecule has 1 aromatic rings. The fourth-order valence-corrected chi connectivity index (χ4v) is 6.63. The number of hydrogen-bond donors (Lipinski definition) is 0. The highest BCUT2D eigenvalue weighted by atomic mass is 32.2. The number of benzene rings is 1. The van der Waals surface area contributed by atoms with Crippen molar-refractivity contribution < 1.29 is 17.2 Å². The van der Waals surface area contributed by atoms with Crippen molar-refractivity contribution in [2.45, 2.75) is 37.5 Å². The van der Waals surface area contributed by atoms with E-state index in [4.69, 9.17) is 0 Å². The Kier molecular flexibility index (Phi) is 6.93. The molecule has 0 aliphatic carbocycles. The summed E-state index contributed by atoms with van der Waals surface area (Å²) >= 11 is 1.78. The van der Waals surface area contributed by atoms with Gasteiger partial charge in [-0.2, -0.15) is 16.1 Å². The molecule has 0 aromatic heterocycles. The molecule has 0 amide bonds. The molecule has 2 aliphatic rings. The van der Waals surface area contributed by atoms with Crippen LogP contribution >= 0.6 is 11.8 Å². The Bertz CT molecular complexity index is 709. The SMILES string of the molecule is O=S(=O)(Cc1cc(F)ccc1F)N1CCCSCC1CN1CCCCC1. The lowest BCUT2D eigenvalue weighted by Crippen LogP contribution is -2.49. The summed E-state index contributed by atoms with van der Waals surface area (Å²) in [6.45, 7) is 3.18. The molecule has 0 spiro atoms. The molecule has 26 heavy (non-hydrogen) atoms. The second-order valence-electron chi connectivity index (χ2n) is 7.05. The molecular weight excluding hydrogens is 378 g/mol. The summed E-state index contributed by atoms with van der Waals surface area (Å²) in [7, 11) is -3.71. The van der Waals surface area contributed by atoms with Crippen LogP contribution in [0.4, 0.5) is 8.78 Å². The Labute approximate surface area is 159 Å². The maximum Gasteiger partial charge on any atom is 0.218 e. The van der Waals surface area contributed by atoms with Crippen LogP contribution in [0.2, 0.25) is 0 Å². The fourth-order valence-electron chi connectivity index (χ4n) is 3.69. The Balaban J connectivity index is 1.78. The van der Waals surface area contributed by atoms with Gasteiger partial charge >= 0.3 is 0 Å². The van der Waals surface area contributed by atoms with Crippen LogP contribution in [0.25, 0.3) is 0 Å². The molecule has 2 fully saturated rings. The van der Waals surface area contributed by atoms with E-state index in [9.17, 15) is 17.2 Å². The third kappa shape index (κ3) is 5.18. The predicted molar refractivity (Wildman–Crippen MR) is 102 cm³/mol. The van der Waals surface area contributed by atoms with Crippen molar-refractivity contribution in [1.29, 1.82) is 0 Å². The van der Waals surface area contributed by atoms with Gasteiger partial charge in [0.25, 0.3) is 0 Å². The van der Waals surface area contributed by atoms with E-state index in [1.54, 1.807) is 16.1 Å². The molecule has 8 heteroatoms. The maximum absolute atomic E-state index is 14.0. The van der Waals surface area contributed by atoms with Crippen molar-refractivity contribution in [1.82, 2.24) is 9.21 Å². The van der Waals surface area contributed by atoms with Gasteiger partial charge < -0.3 is 4.90 Å². The molecule has 0 bridgehead atoms. The van der Waals surface area contributed by atoms with Gasteiger partial charge in [0.2, 0.25) is 10.0 Å². The summed E-state index contributed by atoms with van der Waals surface area (Å²) < 4.78 is 55.0. The van der Waals surface area contributed by atoms with Crippen LogP contribution < -0.4 is 0 Å². The van der Waals surface area contributed by atoms with E-state index in [-0.39, 0.29) is 11.6 Å². The van der Waals surface area contributed by atoms with E-state index >= 15 is 0 Å². The van der Waals surface area contributed by atoms with E-state index in [2.05, 4.69) is 4.90 Å². The van der Waals surface area contributed by atoms with E-state index in [0.29, 0.717) is 6.54 Å². The minimum atomic E-state index is -3.71. The normalized spacial score (nSPS) is 23.7. The third-order valence-electron chi connectivity index (χ3n) is 5.01. The van der Waals surface area contributed by atoms with Crippen LogP contribution in [0.3, 0.4) is 0 Å². The minimum absolute atomic E-state index is 0.0985. The van der Waals surface area contributed by atoms with Gasteiger partial charge in [0.1, 0.15) is 11.6 Å². The van der Waals surface area contributed by atoms with E-state index in [1.165, 1.54) is 6.42 Å². The highest BCUT2D eigenvalue weighted by molar-refractivity contribution is 7.99. The molecule has 2 saturated heterocycles. The average Bonchev–Trinajstić information content (AvgIpc) is 2.85. The molecule has 4 nitrogen and oxygen atoms in total. The maximum atomic E-state index is 14.0. The number of halogens is 2. The quantitative estimate of drug-likeness (QED) is 0.756. The van der Waals surface area contributed by atoms with Gasteiger partial charge in [-0.05, 0) is 56.3 Å². The van der Waals surface area contributed by atoms with Crippen molar-refractivity contribution in [3.63, 3.8) is 0 Å². The number of piperidine rings is 1. The highest BCUT2D eigenvalue weighted by Gasteiger charge is 2.33. The molecule has 2 aliphatic heterocycles. The van der Waals surface area contributed by atoms with Crippen LogP contribution in [-0.2, 0) is 15.8 Å². The molecule has 1 atom stereocenters. The van der Waals surface area contributed by atoms with Crippen LogP contribution in [0.15, 0.2) is 18.2 Å². The molecule has 2 heterocycles. The number of sulfonamides is 1. The molecule has 1 aromatic carbocycles. The van der Waals surface area contributed by atoms with Crippen LogP contribution in [0, 0.1) is 11.6 Å². The number of likely N-dealkylation sites (tertiary alicyclic amines) is 1. The van der Waals surface area contributed by atoms with Crippen LogP contribution in [0.5, 0.6) is 0 Å². The summed E-state index contributed by atoms with van der Waals surface area (Å²) in [6.07, 6.45) is 4.32. The topological polar surface area (TPSA) is 40.6 Å². The number of thioether (sulfide) groups is 1. The largest absolute Gasteiger partial charge is 0.302 e. The van der Waals surface area contributed by atoms with Gasteiger partial charge in [-0.1, -0.05) is 6.42 Å². The first kappa shape index (κ1) is 20.0. The summed E-state index contributed by atoms with van der Waals surface area (Å²) in [4.78, 5) is 2.34. The van der Waals surface area contributed by atoms with Gasteiger partial charge in [-0.15, -0.1) is 0 Å². The van der Waals surface area contributed by atoms with E-state index in [0.717, 1.165) is 68.6 Å². The Morgan fingerprint density at radius 1 is 1.08 bits per heavy atom. The van der Waals surface area contributed by atoms with Crippen LogP contribution in [-0.4, -0.2) is 61.3 Å². The monoisotopic (exact) mass is 404 g/mol. The zero-order valence-electron chi connectivity index (χ0n) is 14.9. The smallest absolute Gasteiger partial charge is 0.218 e. The van der Waals surface area contributed by atoms with Gasteiger partial charge in [-0.25, -0.2) is 17.2 Å². The molecule has 1 unspecified atom stereocenters. The first-order valence-corrected chi connectivity index (χ1v) is 12.0. The summed E-state index contributed by atoms with van der Waals surface area (Å²) in [5, 5.41) is 0. The van der Waals surface area contributed by atoms with Gasteiger partial charge in [-0.3, -0.25) is 0 Å². The zero-order valence-corrected chi connectivity index (χ0v) is 16.5. The summed E-state index contributed by atoms with van der Waals surface area (Å²) in [5.41, 5.74) is -0.0985. The number of hydrogen-bond acceptors (Lipinski definition) is 4. The standard InChI is InChI=1S/C18H26F2N2O2S2/c19-16-5-6-18(20)15(11-16)14-26(23,24)22-9-4-10-25-13-17(22)12-21-7-2-1-3-8-21/h5-6,11,17H,1-4,7-10,12-14H2. The molecule has 146 valence electrons. The van der Waals surface area contributed by atoms with Crippen molar-refractivity contribution in [3.05, 3.63) is 35.4 Å². The number of nitrogens with zero attached hydrogens (tertiary/aromatic N) is 2. The van der Waals surface area contributed by atoms with Crippen molar-refractivity contribution in [3.8, 4) is 0 Å². The minimum Gasteiger partial charge on any atom is -0.302 e. The molecule has 0 N–H and O–H groups in total. The summed E-state index contributed by atoms with van der Waals surface area (Å²) in [5.74, 6) is -0.102. The van der Waals surface area contributed by atoms with Crippen molar-refractivity contribution in [2.75, 3.05) is 37.7 Å². The second kappa shape index (κ2) is 8.99. The van der Waals surface area contributed by atoms with Gasteiger partial charge in [0.05, 0.1) is 5.75 Å². The molecular formula is C18H26F2N2O2S2. The first-order chi connectivity index (χ1) is 12.5. The lowest BCUT2D eigenvalue weighted by molar-refractivity contribution is 0.183. The van der Waals surface area contributed by atoms with Crippen LogP contribution in [0.1, 0.15) is 31.2 Å². The lowest BCUT2D eigenvalue weighted by atomic mass is 10.1. The van der Waals surface area contributed by atoms with Crippen molar-refractivity contribution >= 4 is 21.8 Å². The fraction of sp³-hybridized carbons (Fsp3) is 0.667. The second-order valence-corrected chi connectivity index (χ2v) is 10.1. The van der Waals surface area contributed by atoms with Gasteiger partial charge in [0, 0.05) is 30.4 Å². The summed E-state index contributed by atoms with van der Waals surface area (Å²) in [6, 6.07) is 2.87. The third-order valence-corrected chi connectivity index (χ3v) is 8.07. The van der Waals surface area contributed by atoms with Gasteiger partial charge in [0.15, 0.2) is 0 Å². The molecule has 0 saturated carbocycles. The Morgan fingerprint density at radius 2 is 1.85 bits per heavy atom. The van der Waals surface area contributed by atoms with E-state index < -0.39 is 27.4 Å². The predicted octanol–water partition coefficient (Wildman–Crippen LogP) is 3.09. The first-order valence-electron chi connectivity index (χ1n) is 9.19. The van der Waals surface area contributed by atoms with E-state index in [1.807, 2.05) is 0 Å². The Hall–Kier alpha value is -0.700. The lowest BCUT2D eigenvalue weighted by Gasteiger charge is -2.35. The van der Waals surface area contributed by atoms with Crippen molar-refractivity contribution in [2.24, 2.45) is 0 Å². The Morgan fingerprint density at radius 3 is 2.62 bits per heavy atom. The average molecular weight is 405 g/mol. The molecule has 0 radical (unpaired) electrons. The number of rotatable bonds is 5. The zero-order chi connectivity index (χ0) is 18.6. The molecule has 3 rings (SSSR count). The highest BCUT2D eigenvalue weighted by Crippen LogP contribution is 2.24.